The molecule has 7 nitrogen and oxygen atoms in total. The first-order valence-corrected chi connectivity index (χ1v) is 10.8. The van der Waals surface area contributed by atoms with Crippen LogP contribution in [0.4, 0.5) is 5.69 Å². The Morgan fingerprint density at radius 2 is 1.44 bits per heavy atom. The monoisotopic (exact) mass is 434 g/mol. The second-order valence-electron chi connectivity index (χ2n) is 7.90. The average Bonchev–Trinajstić information content (AvgIpc) is 3.06. The largest absolute Gasteiger partial charge is 0.494 e. The molecule has 0 aromatic heterocycles. The van der Waals surface area contributed by atoms with E-state index in [9.17, 15) is 14.4 Å². The van der Waals surface area contributed by atoms with Crippen LogP contribution in [0, 0.1) is 11.8 Å². The van der Waals surface area contributed by atoms with E-state index in [4.69, 9.17) is 9.47 Å². The Morgan fingerprint density at radius 1 is 0.938 bits per heavy atom. The van der Waals surface area contributed by atoms with Gasteiger partial charge in [0.1, 0.15) is 23.3 Å². The van der Waals surface area contributed by atoms with Gasteiger partial charge in [0.2, 0.25) is 17.7 Å². The van der Waals surface area contributed by atoms with Gasteiger partial charge in [-0.05, 0) is 75.2 Å². The van der Waals surface area contributed by atoms with Crippen LogP contribution in [0.5, 0.6) is 17.2 Å². The molecular weight excluding hydrogens is 408 g/mol. The Morgan fingerprint density at radius 3 is 1.97 bits per heavy atom. The number of hydrogen-bond donors (Lipinski definition) is 1. The van der Waals surface area contributed by atoms with Gasteiger partial charge in [-0.1, -0.05) is 12.2 Å². The van der Waals surface area contributed by atoms with Crippen LogP contribution in [0.25, 0.3) is 0 Å². The summed E-state index contributed by atoms with van der Waals surface area (Å²) in [6.45, 7) is 4.11. The summed E-state index contributed by atoms with van der Waals surface area (Å²) in [5.41, 5.74) is 0.555. The predicted molar refractivity (Wildman–Crippen MR) is 119 cm³/mol. The standard InChI is InChI=1S/C25H26N2O5/c1-3-31-18-12-14-20(15-13-18)32-19-10-8-17(9-11-19)26-23(28)16(2)27-24(29)21-6-4-5-7-22(21)25(27)30/h4-5,8-16,21-22H,3,6-7H2,1-2H3,(H,26,28)/t16-,21?,22?/m0/s1. The number of allylic oxidation sites excluding steroid dienone is 2. The molecule has 0 saturated carbocycles. The number of fused-ring (bicyclic) bond motifs is 1. The molecule has 1 N–H and O–H groups in total. The molecule has 3 amide bonds. The second kappa shape index (κ2) is 9.26. The van der Waals surface area contributed by atoms with Crippen molar-refractivity contribution in [3.63, 3.8) is 0 Å². The summed E-state index contributed by atoms with van der Waals surface area (Å²) in [5, 5.41) is 2.78. The van der Waals surface area contributed by atoms with E-state index < -0.39 is 11.9 Å². The van der Waals surface area contributed by atoms with Crippen molar-refractivity contribution in [2.24, 2.45) is 11.8 Å². The maximum atomic E-state index is 12.7. The fourth-order valence-electron chi connectivity index (χ4n) is 4.08. The molecule has 3 atom stereocenters. The van der Waals surface area contributed by atoms with Crippen molar-refractivity contribution in [2.75, 3.05) is 11.9 Å². The van der Waals surface area contributed by atoms with Gasteiger partial charge in [-0.15, -0.1) is 0 Å². The molecule has 0 radical (unpaired) electrons. The van der Waals surface area contributed by atoms with Gasteiger partial charge >= 0.3 is 0 Å². The van der Waals surface area contributed by atoms with E-state index in [0.29, 0.717) is 36.6 Å². The van der Waals surface area contributed by atoms with E-state index in [-0.39, 0.29) is 23.7 Å². The molecule has 166 valence electrons. The highest BCUT2D eigenvalue weighted by atomic mass is 16.5. The van der Waals surface area contributed by atoms with Gasteiger partial charge < -0.3 is 14.8 Å². The Balaban J connectivity index is 1.36. The molecule has 0 bridgehead atoms. The minimum Gasteiger partial charge on any atom is -0.494 e. The highest BCUT2D eigenvalue weighted by Gasteiger charge is 2.50. The van der Waals surface area contributed by atoms with Crippen molar-refractivity contribution in [1.82, 2.24) is 4.90 Å². The molecule has 2 unspecified atom stereocenters. The van der Waals surface area contributed by atoms with Gasteiger partial charge in [0, 0.05) is 5.69 Å². The fourth-order valence-corrected chi connectivity index (χ4v) is 4.08. The van der Waals surface area contributed by atoms with E-state index in [1.165, 1.54) is 0 Å². The molecule has 1 saturated heterocycles. The number of ether oxygens (including phenoxy) is 2. The normalized spacial score (nSPS) is 20.6. The number of hydrogen-bond acceptors (Lipinski definition) is 5. The molecule has 4 rings (SSSR count). The molecule has 2 aromatic carbocycles. The predicted octanol–water partition coefficient (Wildman–Crippen LogP) is 4.16. The Hall–Kier alpha value is -3.61. The summed E-state index contributed by atoms with van der Waals surface area (Å²) < 4.78 is 11.2. The van der Waals surface area contributed by atoms with E-state index >= 15 is 0 Å². The van der Waals surface area contributed by atoms with Crippen molar-refractivity contribution in [3.8, 4) is 17.2 Å². The molecule has 32 heavy (non-hydrogen) atoms. The maximum Gasteiger partial charge on any atom is 0.247 e. The van der Waals surface area contributed by atoms with Crippen LogP contribution in [-0.2, 0) is 14.4 Å². The number of benzene rings is 2. The number of nitrogens with one attached hydrogen (secondary N) is 1. The number of nitrogens with zero attached hydrogens (tertiary/aromatic N) is 1. The molecular formula is C25H26N2O5. The molecule has 1 aliphatic heterocycles. The summed E-state index contributed by atoms with van der Waals surface area (Å²) >= 11 is 0. The lowest BCUT2D eigenvalue weighted by Crippen LogP contribution is -2.46. The van der Waals surface area contributed by atoms with Crippen molar-refractivity contribution >= 4 is 23.4 Å². The summed E-state index contributed by atoms with van der Waals surface area (Å²) in [5.74, 6) is 0.444. The summed E-state index contributed by atoms with van der Waals surface area (Å²) in [6.07, 6.45) is 4.96. The van der Waals surface area contributed by atoms with Crippen molar-refractivity contribution in [1.29, 1.82) is 0 Å². The molecule has 2 aliphatic rings. The van der Waals surface area contributed by atoms with Gasteiger partial charge in [-0.2, -0.15) is 0 Å². The van der Waals surface area contributed by atoms with Gasteiger partial charge in [-0.25, -0.2) is 0 Å². The lowest BCUT2D eigenvalue weighted by Gasteiger charge is -2.22. The lowest BCUT2D eigenvalue weighted by molar-refractivity contribution is -0.146. The van der Waals surface area contributed by atoms with Crippen LogP contribution in [0.15, 0.2) is 60.7 Å². The quantitative estimate of drug-likeness (QED) is 0.523. The van der Waals surface area contributed by atoms with Gasteiger partial charge in [0.15, 0.2) is 0 Å². The lowest BCUT2D eigenvalue weighted by atomic mass is 9.85. The zero-order valence-electron chi connectivity index (χ0n) is 18.1. The summed E-state index contributed by atoms with van der Waals surface area (Å²) in [7, 11) is 0. The van der Waals surface area contributed by atoms with Crippen molar-refractivity contribution in [2.45, 2.75) is 32.7 Å². The number of carbonyl (C=O) groups is 3. The van der Waals surface area contributed by atoms with E-state index in [2.05, 4.69) is 5.32 Å². The average molecular weight is 434 g/mol. The zero-order valence-corrected chi connectivity index (χ0v) is 18.1. The van der Waals surface area contributed by atoms with Crippen LogP contribution in [-0.4, -0.2) is 35.3 Å². The minimum absolute atomic E-state index is 0.258. The first-order valence-electron chi connectivity index (χ1n) is 10.8. The maximum absolute atomic E-state index is 12.7. The molecule has 2 aromatic rings. The summed E-state index contributed by atoms with van der Waals surface area (Å²) in [4.78, 5) is 39.2. The van der Waals surface area contributed by atoms with Crippen LogP contribution < -0.4 is 14.8 Å². The highest BCUT2D eigenvalue weighted by molar-refractivity contribution is 6.10. The number of likely N-dealkylation sites (tertiary alicyclic amines) is 1. The van der Waals surface area contributed by atoms with E-state index in [0.717, 1.165) is 10.6 Å². The van der Waals surface area contributed by atoms with E-state index in [1.807, 2.05) is 43.3 Å². The van der Waals surface area contributed by atoms with Crippen LogP contribution in [0.3, 0.4) is 0 Å². The van der Waals surface area contributed by atoms with Gasteiger partial charge in [0.05, 0.1) is 18.4 Å². The topological polar surface area (TPSA) is 84.9 Å². The molecule has 1 heterocycles. The minimum atomic E-state index is -0.875. The van der Waals surface area contributed by atoms with Gasteiger partial charge in [0.25, 0.3) is 0 Å². The Labute approximate surface area is 187 Å². The number of anilines is 1. The Kier molecular flexibility index (Phi) is 6.25. The number of amides is 3. The first-order chi connectivity index (χ1) is 15.5. The molecule has 7 heteroatoms. The third-order valence-corrected chi connectivity index (χ3v) is 5.80. The van der Waals surface area contributed by atoms with Crippen LogP contribution in [0.1, 0.15) is 26.7 Å². The smallest absolute Gasteiger partial charge is 0.247 e. The number of rotatable bonds is 7. The Bertz CT molecular complexity index is 1000. The SMILES string of the molecule is CCOc1ccc(Oc2ccc(NC(=O)[C@H](C)N3C(=O)C4CC=CCC4C3=O)cc2)cc1. The number of carbonyl (C=O) groups excluding carboxylic acids is 3. The summed E-state index contributed by atoms with van der Waals surface area (Å²) in [6, 6.07) is 13.3. The molecule has 1 fully saturated rings. The van der Waals surface area contributed by atoms with Crippen LogP contribution >= 0.6 is 0 Å². The first kappa shape index (κ1) is 21.6. The third-order valence-electron chi connectivity index (χ3n) is 5.80. The van der Waals surface area contributed by atoms with Gasteiger partial charge in [-0.3, -0.25) is 19.3 Å². The number of imide groups is 1. The van der Waals surface area contributed by atoms with Crippen LogP contribution in [0.2, 0.25) is 0 Å². The van der Waals surface area contributed by atoms with Crippen molar-refractivity contribution in [3.05, 3.63) is 60.7 Å². The second-order valence-corrected chi connectivity index (χ2v) is 7.90. The van der Waals surface area contributed by atoms with Crippen molar-refractivity contribution < 1.29 is 23.9 Å². The highest BCUT2D eigenvalue weighted by Crippen LogP contribution is 2.36. The zero-order chi connectivity index (χ0) is 22.7. The van der Waals surface area contributed by atoms with E-state index in [1.54, 1.807) is 31.2 Å². The molecule has 0 spiro atoms. The molecule has 1 aliphatic carbocycles. The third kappa shape index (κ3) is 4.37. The fraction of sp³-hybridized carbons (Fsp3) is 0.320.